The second-order valence-corrected chi connectivity index (χ2v) is 4.93. The standard InChI is InChI=1S/C17H16O5/c1-9-7-13(20-3)16(21-4)17-14(9)15(18)11-6-5-10(19-2)8-12(11)22-17/h5-8H,1-4H3. The maximum atomic E-state index is 12.8. The molecule has 5 nitrogen and oxygen atoms in total. The van der Waals surface area contributed by atoms with Crippen molar-refractivity contribution in [1.82, 2.24) is 0 Å². The molecule has 0 atom stereocenters. The van der Waals surface area contributed by atoms with Crippen molar-refractivity contribution in [2.45, 2.75) is 6.92 Å². The highest BCUT2D eigenvalue weighted by atomic mass is 16.5. The van der Waals surface area contributed by atoms with Crippen LogP contribution in [-0.2, 0) is 0 Å². The molecule has 0 amide bonds. The van der Waals surface area contributed by atoms with Gasteiger partial charge < -0.3 is 18.6 Å². The summed E-state index contributed by atoms with van der Waals surface area (Å²) in [6, 6.07) is 6.90. The zero-order valence-corrected chi connectivity index (χ0v) is 12.9. The topological polar surface area (TPSA) is 57.9 Å². The van der Waals surface area contributed by atoms with Crippen LogP contribution in [0.25, 0.3) is 21.9 Å². The Balaban J connectivity index is 2.53. The normalized spacial score (nSPS) is 10.9. The quantitative estimate of drug-likeness (QED) is 0.695. The van der Waals surface area contributed by atoms with E-state index >= 15 is 0 Å². The molecule has 0 spiro atoms. The van der Waals surface area contributed by atoms with E-state index in [0.717, 1.165) is 5.56 Å². The van der Waals surface area contributed by atoms with Gasteiger partial charge in [0.25, 0.3) is 0 Å². The zero-order chi connectivity index (χ0) is 15.9. The molecule has 1 aromatic heterocycles. The van der Waals surface area contributed by atoms with E-state index in [-0.39, 0.29) is 5.43 Å². The second-order valence-electron chi connectivity index (χ2n) is 4.93. The molecule has 114 valence electrons. The summed E-state index contributed by atoms with van der Waals surface area (Å²) in [5, 5.41) is 0.999. The molecule has 5 heteroatoms. The van der Waals surface area contributed by atoms with Crippen LogP contribution in [0.3, 0.4) is 0 Å². The second kappa shape index (κ2) is 5.26. The van der Waals surface area contributed by atoms with Gasteiger partial charge in [-0.15, -0.1) is 0 Å². The summed E-state index contributed by atoms with van der Waals surface area (Å²) >= 11 is 0. The van der Waals surface area contributed by atoms with Crippen molar-refractivity contribution in [2.75, 3.05) is 21.3 Å². The minimum atomic E-state index is -0.0997. The highest BCUT2D eigenvalue weighted by Crippen LogP contribution is 2.38. The lowest BCUT2D eigenvalue weighted by Gasteiger charge is -2.12. The van der Waals surface area contributed by atoms with Crippen molar-refractivity contribution in [3.63, 3.8) is 0 Å². The first-order valence-corrected chi connectivity index (χ1v) is 6.76. The molecule has 0 aliphatic carbocycles. The van der Waals surface area contributed by atoms with Gasteiger partial charge in [-0.2, -0.15) is 0 Å². The van der Waals surface area contributed by atoms with E-state index in [1.807, 2.05) is 6.92 Å². The minimum Gasteiger partial charge on any atom is -0.497 e. The third-order valence-corrected chi connectivity index (χ3v) is 3.70. The molecule has 1 heterocycles. The largest absolute Gasteiger partial charge is 0.497 e. The Hall–Kier alpha value is -2.69. The summed E-state index contributed by atoms with van der Waals surface area (Å²) in [4.78, 5) is 12.8. The molecule has 0 aliphatic heterocycles. The van der Waals surface area contributed by atoms with Crippen molar-refractivity contribution in [1.29, 1.82) is 0 Å². The lowest BCUT2D eigenvalue weighted by molar-refractivity contribution is 0.353. The molecule has 0 aliphatic rings. The first-order chi connectivity index (χ1) is 10.6. The molecule has 3 rings (SSSR count). The van der Waals surface area contributed by atoms with Gasteiger partial charge in [0.1, 0.15) is 11.3 Å². The number of benzene rings is 2. The molecule has 0 unspecified atom stereocenters. The highest BCUT2D eigenvalue weighted by molar-refractivity contribution is 5.96. The molecule has 2 aromatic carbocycles. The average Bonchev–Trinajstić information content (AvgIpc) is 2.53. The van der Waals surface area contributed by atoms with Gasteiger partial charge in [-0.3, -0.25) is 4.79 Å². The van der Waals surface area contributed by atoms with Crippen molar-refractivity contribution < 1.29 is 18.6 Å². The first kappa shape index (κ1) is 14.3. The van der Waals surface area contributed by atoms with Crippen LogP contribution in [0.2, 0.25) is 0 Å². The number of aryl methyl sites for hydroxylation is 1. The molecule has 3 aromatic rings. The van der Waals surface area contributed by atoms with E-state index in [2.05, 4.69) is 0 Å². The first-order valence-electron chi connectivity index (χ1n) is 6.76. The van der Waals surface area contributed by atoms with Gasteiger partial charge in [-0.05, 0) is 30.7 Å². The number of ether oxygens (including phenoxy) is 3. The Morgan fingerprint density at radius 1 is 1.00 bits per heavy atom. The molecule has 0 N–H and O–H groups in total. The molecular weight excluding hydrogens is 284 g/mol. The fourth-order valence-corrected chi connectivity index (χ4v) is 2.61. The van der Waals surface area contributed by atoms with E-state index < -0.39 is 0 Å². The van der Waals surface area contributed by atoms with Crippen LogP contribution in [0.4, 0.5) is 0 Å². The number of hydrogen-bond acceptors (Lipinski definition) is 5. The number of methoxy groups -OCH3 is 3. The van der Waals surface area contributed by atoms with E-state index in [4.69, 9.17) is 18.6 Å². The summed E-state index contributed by atoms with van der Waals surface area (Å²) in [5.74, 6) is 1.55. The SMILES string of the molecule is COc1ccc2c(=O)c3c(C)cc(OC)c(OC)c3oc2c1. The monoisotopic (exact) mass is 300 g/mol. The van der Waals surface area contributed by atoms with Gasteiger partial charge in [0.15, 0.2) is 11.3 Å². The molecular formula is C17H16O5. The third-order valence-electron chi connectivity index (χ3n) is 3.70. The predicted octanol–water partition coefficient (Wildman–Crippen LogP) is 3.28. The van der Waals surface area contributed by atoms with Gasteiger partial charge in [0.05, 0.1) is 32.1 Å². The fraction of sp³-hybridized carbons (Fsp3) is 0.235. The van der Waals surface area contributed by atoms with Crippen molar-refractivity contribution in [3.05, 3.63) is 40.1 Å². The van der Waals surface area contributed by atoms with E-state index in [9.17, 15) is 4.79 Å². The molecule has 0 fully saturated rings. The van der Waals surface area contributed by atoms with Gasteiger partial charge in [-0.1, -0.05) is 0 Å². The van der Waals surface area contributed by atoms with Crippen LogP contribution in [0.15, 0.2) is 33.5 Å². The smallest absolute Gasteiger partial charge is 0.204 e. The van der Waals surface area contributed by atoms with E-state index in [1.54, 1.807) is 38.5 Å². The van der Waals surface area contributed by atoms with Gasteiger partial charge in [0, 0.05) is 6.07 Å². The number of rotatable bonds is 3. The lowest BCUT2D eigenvalue weighted by Crippen LogP contribution is -2.06. The Morgan fingerprint density at radius 3 is 2.41 bits per heavy atom. The van der Waals surface area contributed by atoms with Crippen molar-refractivity contribution in [2.24, 2.45) is 0 Å². The highest BCUT2D eigenvalue weighted by Gasteiger charge is 2.18. The Morgan fingerprint density at radius 2 is 1.77 bits per heavy atom. The van der Waals surface area contributed by atoms with E-state index in [0.29, 0.717) is 39.2 Å². The van der Waals surface area contributed by atoms with Crippen molar-refractivity contribution >= 4 is 21.9 Å². The maximum Gasteiger partial charge on any atom is 0.204 e. The predicted molar refractivity (Wildman–Crippen MR) is 84.4 cm³/mol. The van der Waals surface area contributed by atoms with Crippen LogP contribution in [0.1, 0.15) is 5.56 Å². The van der Waals surface area contributed by atoms with Gasteiger partial charge >= 0.3 is 0 Å². The number of hydrogen-bond donors (Lipinski definition) is 0. The summed E-state index contributed by atoms with van der Waals surface area (Å²) in [6.07, 6.45) is 0. The summed E-state index contributed by atoms with van der Waals surface area (Å²) in [6.45, 7) is 1.84. The Bertz CT molecular complexity index is 924. The van der Waals surface area contributed by atoms with Crippen molar-refractivity contribution in [3.8, 4) is 17.2 Å². The Kier molecular flexibility index (Phi) is 3.41. The lowest BCUT2D eigenvalue weighted by atomic mass is 10.1. The molecule has 22 heavy (non-hydrogen) atoms. The summed E-state index contributed by atoms with van der Waals surface area (Å²) in [5.41, 5.74) is 1.50. The fourth-order valence-electron chi connectivity index (χ4n) is 2.61. The number of fused-ring (bicyclic) bond motifs is 2. The zero-order valence-electron chi connectivity index (χ0n) is 12.9. The van der Waals surface area contributed by atoms with Crippen LogP contribution in [0.5, 0.6) is 17.2 Å². The average molecular weight is 300 g/mol. The van der Waals surface area contributed by atoms with Crippen LogP contribution < -0.4 is 19.6 Å². The molecule has 0 saturated heterocycles. The molecule has 0 radical (unpaired) electrons. The minimum absolute atomic E-state index is 0.0997. The van der Waals surface area contributed by atoms with Crippen LogP contribution in [0, 0.1) is 6.92 Å². The third kappa shape index (κ3) is 1.97. The van der Waals surface area contributed by atoms with Crippen LogP contribution in [-0.4, -0.2) is 21.3 Å². The summed E-state index contributed by atoms with van der Waals surface area (Å²) < 4.78 is 21.8. The van der Waals surface area contributed by atoms with E-state index in [1.165, 1.54) is 7.11 Å². The molecule has 0 bridgehead atoms. The van der Waals surface area contributed by atoms with Gasteiger partial charge in [-0.25, -0.2) is 0 Å². The maximum absolute atomic E-state index is 12.8. The van der Waals surface area contributed by atoms with Crippen LogP contribution >= 0.6 is 0 Å². The molecule has 0 saturated carbocycles. The van der Waals surface area contributed by atoms with Gasteiger partial charge in [0.2, 0.25) is 11.2 Å². The Labute approximate surface area is 127 Å². The summed E-state index contributed by atoms with van der Waals surface area (Å²) in [7, 11) is 4.63.